The van der Waals surface area contributed by atoms with E-state index in [1.165, 1.54) is 0 Å². The zero-order valence-electron chi connectivity index (χ0n) is 23.6. The molecule has 0 atom stereocenters. The van der Waals surface area contributed by atoms with Crippen LogP contribution in [0.15, 0.2) is 89.3 Å². The van der Waals surface area contributed by atoms with Crippen molar-refractivity contribution in [2.75, 3.05) is 18.8 Å². The number of fused-ring (bicyclic) bond motifs is 2. The fourth-order valence-electron chi connectivity index (χ4n) is 4.73. The summed E-state index contributed by atoms with van der Waals surface area (Å²) < 4.78 is 6.07. The maximum Gasteiger partial charge on any atom is 0.265 e. The van der Waals surface area contributed by atoms with Gasteiger partial charge in [0.25, 0.3) is 11.8 Å². The predicted molar refractivity (Wildman–Crippen MR) is 165 cm³/mol. The number of anilines is 1. The highest BCUT2D eigenvalue weighted by molar-refractivity contribution is 6.09. The molecule has 218 valence electrons. The summed E-state index contributed by atoms with van der Waals surface area (Å²) in [6.07, 6.45) is 0.897. The van der Waals surface area contributed by atoms with Gasteiger partial charge in [-0.25, -0.2) is 5.43 Å². The second-order valence-corrected chi connectivity index (χ2v) is 10.0. The minimum Gasteiger partial charge on any atom is -0.456 e. The van der Waals surface area contributed by atoms with Crippen molar-refractivity contribution in [1.29, 1.82) is 5.41 Å². The molecule has 1 aliphatic carbocycles. The number of hydrogen-bond acceptors (Lipinski definition) is 7. The quantitative estimate of drug-likeness (QED) is 0.0638. The monoisotopic (exact) mass is 576 g/mol. The molecule has 3 aromatic carbocycles. The van der Waals surface area contributed by atoms with Crippen LogP contribution in [0.25, 0.3) is 33.4 Å². The summed E-state index contributed by atoms with van der Waals surface area (Å²) in [5.74, 6) is -0.503. The summed E-state index contributed by atoms with van der Waals surface area (Å²) in [7, 11) is 0. The van der Waals surface area contributed by atoms with Crippen LogP contribution in [0.2, 0.25) is 0 Å². The van der Waals surface area contributed by atoms with Gasteiger partial charge in [-0.1, -0.05) is 37.3 Å². The van der Waals surface area contributed by atoms with Gasteiger partial charge in [0, 0.05) is 58.5 Å². The van der Waals surface area contributed by atoms with Crippen LogP contribution in [-0.4, -0.2) is 30.8 Å². The second-order valence-electron chi connectivity index (χ2n) is 10.0. The molecule has 3 aromatic rings. The van der Waals surface area contributed by atoms with E-state index >= 15 is 0 Å². The number of benzene rings is 4. The van der Waals surface area contributed by atoms with Gasteiger partial charge >= 0.3 is 0 Å². The Hall–Kier alpha value is -5.48. The van der Waals surface area contributed by atoms with E-state index in [0.29, 0.717) is 45.6 Å². The Morgan fingerprint density at radius 1 is 0.860 bits per heavy atom. The van der Waals surface area contributed by atoms with Crippen LogP contribution < -0.4 is 32.6 Å². The number of carbonyl (C=O) groups is 3. The van der Waals surface area contributed by atoms with E-state index in [0.717, 1.165) is 28.5 Å². The third-order valence-electron chi connectivity index (χ3n) is 6.88. The maximum absolute atomic E-state index is 13.4. The molecule has 7 N–H and O–H groups in total. The zero-order valence-corrected chi connectivity index (χ0v) is 23.6. The molecule has 43 heavy (non-hydrogen) atoms. The lowest BCUT2D eigenvalue weighted by Crippen LogP contribution is -2.37. The summed E-state index contributed by atoms with van der Waals surface area (Å²) in [6.45, 7) is 2.70. The summed E-state index contributed by atoms with van der Waals surface area (Å²) >= 11 is 0. The van der Waals surface area contributed by atoms with Crippen LogP contribution >= 0.6 is 0 Å². The fourth-order valence-corrected chi connectivity index (χ4v) is 4.73. The Bertz CT molecular complexity index is 1830. The molecule has 1 heterocycles. The molecule has 0 saturated carbocycles. The number of rotatable bonds is 10. The van der Waals surface area contributed by atoms with E-state index in [1.54, 1.807) is 66.7 Å². The molecule has 0 radical (unpaired) electrons. The first-order chi connectivity index (χ1) is 20.8. The molecule has 3 amide bonds. The van der Waals surface area contributed by atoms with Crippen molar-refractivity contribution in [2.24, 2.45) is 0 Å². The van der Waals surface area contributed by atoms with Crippen molar-refractivity contribution in [2.45, 2.75) is 19.9 Å². The van der Waals surface area contributed by atoms with Crippen LogP contribution in [-0.2, 0) is 11.3 Å². The van der Waals surface area contributed by atoms with Crippen LogP contribution in [0.3, 0.4) is 0 Å². The van der Waals surface area contributed by atoms with Crippen molar-refractivity contribution in [3.63, 3.8) is 0 Å². The Morgan fingerprint density at radius 3 is 2.44 bits per heavy atom. The zero-order chi connectivity index (χ0) is 30.3. The number of carbonyl (C=O) groups excluding carboxylic acids is 3. The van der Waals surface area contributed by atoms with Crippen LogP contribution in [0.4, 0.5) is 5.69 Å². The Morgan fingerprint density at radius 2 is 1.65 bits per heavy atom. The highest BCUT2D eigenvalue weighted by Crippen LogP contribution is 2.41. The number of nitrogens with two attached hydrogens (primary N) is 1. The molecule has 0 spiro atoms. The largest absolute Gasteiger partial charge is 0.456 e. The van der Waals surface area contributed by atoms with Gasteiger partial charge in [-0.3, -0.25) is 19.8 Å². The van der Waals surface area contributed by atoms with Crippen molar-refractivity contribution >= 4 is 34.4 Å². The van der Waals surface area contributed by atoms with E-state index in [4.69, 9.17) is 15.6 Å². The summed E-state index contributed by atoms with van der Waals surface area (Å²) in [4.78, 5) is 38.1. The number of nitrogens with one attached hydrogen (secondary N) is 5. The van der Waals surface area contributed by atoms with Crippen molar-refractivity contribution in [3.8, 4) is 22.5 Å². The highest BCUT2D eigenvalue weighted by Gasteiger charge is 2.21. The molecule has 0 aromatic heterocycles. The van der Waals surface area contributed by atoms with Gasteiger partial charge in [-0.05, 0) is 60.0 Å². The van der Waals surface area contributed by atoms with Crippen LogP contribution in [0, 0.1) is 5.41 Å². The van der Waals surface area contributed by atoms with Crippen molar-refractivity contribution < 1.29 is 18.8 Å². The summed E-state index contributed by atoms with van der Waals surface area (Å²) in [5, 5.41) is 14.6. The normalized spacial score (nSPS) is 10.9. The van der Waals surface area contributed by atoms with Gasteiger partial charge in [0.05, 0.1) is 11.9 Å². The molecule has 5 rings (SSSR count). The fraction of sp³-hybridized carbons (Fsp3) is 0.152. The van der Waals surface area contributed by atoms with E-state index in [-0.39, 0.29) is 24.9 Å². The van der Waals surface area contributed by atoms with E-state index in [1.807, 2.05) is 25.1 Å². The van der Waals surface area contributed by atoms with Crippen molar-refractivity contribution in [1.82, 2.24) is 21.5 Å². The third-order valence-corrected chi connectivity index (χ3v) is 6.88. The Labute approximate surface area is 248 Å². The van der Waals surface area contributed by atoms with Gasteiger partial charge in [-0.15, -0.1) is 0 Å². The molecule has 0 unspecified atom stereocenters. The lowest BCUT2D eigenvalue weighted by atomic mass is 9.90. The van der Waals surface area contributed by atoms with Gasteiger partial charge in [0.2, 0.25) is 5.91 Å². The molecular weight excluding hydrogens is 544 g/mol. The molecular formula is C33H32N6O4. The maximum atomic E-state index is 13.4. The lowest BCUT2D eigenvalue weighted by Gasteiger charge is -2.18. The molecule has 10 heteroatoms. The molecule has 10 nitrogen and oxygen atoms in total. The minimum absolute atomic E-state index is 0.221. The number of hydrogen-bond donors (Lipinski definition) is 6. The predicted octanol–water partition coefficient (Wildman–Crippen LogP) is 3.96. The van der Waals surface area contributed by atoms with E-state index in [9.17, 15) is 14.4 Å². The molecule has 2 aliphatic rings. The molecule has 0 saturated heterocycles. The van der Waals surface area contributed by atoms with E-state index < -0.39 is 5.91 Å². The molecule has 0 fully saturated rings. The van der Waals surface area contributed by atoms with E-state index in [2.05, 4.69) is 21.5 Å². The average Bonchev–Trinajstić information content (AvgIpc) is 3.01. The first kappa shape index (κ1) is 29.0. The summed E-state index contributed by atoms with van der Waals surface area (Å²) in [6, 6.07) is 24.5. The second kappa shape index (κ2) is 13.0. The lowest BCUT2D eigenvalue weighted by molar-refractivity contribution is -0.120. The van der Waals surface area contributed by atoms with Gasteiger partial charge in [0.15, 0.2) is 0 Å². The van der Waals surface area contributed by atoms with Crippen LogP contribution in [0.1, 0.15) is 39.6 Å². The Balaban J connectivity index is 1.29. The van der Waals surface area contributed by atoms with Gasteiger partial charge in [0.1, 0.15) is 11.3 Å². The first-order valence-electron chi connectivity index (χ1n) is 13.9. The summed E-state index contributed by atoms with van der Waals surface area (Å²) in [5.41, 5.74) is 16.4. The smallest absolute Gasteiger partial charge is 0.265 e. The number of nitrogen functional groups attached to an aromatic ring is 1. The van der Waals surface area contributed by atoms with Crippen molar-refractivity contribution in [3.05, 3.63) is 107 Å². The topological polar surface area (TPSA) is 162 Å². The minimum atomic E-state index is -0.410. The van der Waals surface area contributed by atoms with Gasteiger partial charge in [-0.2, -0.15) is 0 Å². The molecule has 1 aliphatic heterocycles. The first-order valence-corrected chi connectivity index (χ1v) is 13.9. The number of hydrazine groups is 1. The van der Waals surface area contributed by atoms with Crippen LogP contribution in [0.5, 0.6) is 0 Å². The van der Waals surface area contributed by atoms with Gasteiger partial charge < -0.3 is 26.2 Å². The molecule has 0 bridgehead atoms. The Kier molecular flexibility index (Phi) is 8.78. The standard InChI is InChI=1S/C33H32N6O4/c1-2-15-38-39-32(41)21-9-7-20(8-10-21)18-36-30(40)19-37-33(42)25-6-4-3-5-24(25)31-26-13-11-22(34)16-28(26)43-29-17-23(35)12-14-27(29)31/h3-14,16-17,34,38H,2,15,18-19,35H2,1H3,(H,36,40)(H,37,42)(H,39,41). The SMILES string of the molecule is CCCNNC(=O)c1ccc(CNC(=O)CNC(=O)c2ccccc2-c2c3ccc(=N)cc-3oc3cc(N)ccc23)cc1. The highest BCUT2D eigenvalue weighted by atomic mass is 16.3. The third kappa shape index (κ3) is 6.71. The average molecular weight is 577 g/mol. The number of amides is 3.